The number of benzene rings is 1. The minimum atomic E-state index is -1.36. The fourth-order valence-corrected chi connectivity index (χ4v) is 1.64. The van der Waals surface area contributed by atoms with Gasteiger partial charge in [-0.15, -0.1) is 0 Å². The molecule has 0 fully saturated rings. The van der Waals surface area contributed by atoms with Gasteiger partial charge >= 0.3 is 5.97 Å². The number of carboxylic acid groups (broad SMARTS) is 1. The summed E-state index contributed by atoms with van der Waals surface area (Å²) in [5.74, 6) is -2.44. The number of hydrogen-bond acceptors (Lipinski definition) is 4. The predicted molar refractivity (Wildman–Crippen MR) is 74.2 cm³/mol. The molecule has 0 heterocycles. The van der Waals surface area contributed by atoms with E-state index >= 15 is 0 Å². The standard InChI is InChI=1S/C13H18FN3O3/c1-3-6-16-12(18)7(2)17-9-5-4-8(14)11(15)10(9)13(19)20/h4-5,7,17H,3,6,15H2,1-2H3,(H,16,18)(H,19,20). The first kappa shape index (κ1) is 15.7. The first-order chi connectivity index (χ1) is 9.38. The zero-order chi connectivity index (χ0) is 15.3. The highest BCUT2D eigenvalue weighted by molar-refractivity contribution is 6.00. The zero-order valence-electron chi connectivity index (χ0n) is 11.4. The van der Waals surface area contributed by atoms with Gasteiger partial charge in [-0.05, 0) is 25.5 Å². The van der Waals surface area contributed by atoms with Crippen LogP contribution in [0.3, 0.4) is 0 Å². The minimum absolute atomic E-state index is 0.107. The highest BCUT2D eigenvalue weighted by Crippen LogP contribution is 2.25. The molecule has 1 unspecified atom stereocenters. The summed E-state index contributed by atoms with van der Waals surface area (Å²) in [5, 5.41) is 14.5. The van der Waals surface area contributed by atoms with Crippen molar-refractivity contribution < 1.29 is 19.1 Å². The van der Waals surface area contributed by atoms with Crippen molar-refractivity contribution in [1.29, 1.82) is 0 Å². The molecule has 20 heavy (non-hydrogen) atoms. The number of carbonyl (C=O) groups is 2. The molecular weight excluding hydrogens is 265 g/mol. The van der Waals surface area contributed by atoms with Gasteiger partial charge in [0.05, 0.1) is 11.4 Å². The van der Waals surface area contributed by atoms with E-state index in [4.69, 9.17) is 10.8 Å². The highest BCUT2D eigenvalue weighted by atomic mass is 19.1. The molecule has 7 heteroatoms. The molecule has 0 saturated carbocycles. The largest absolute Gasteiger partial charge is 0.478 e. The maximum Gasteiger partial charge on any atom is 0.340 e. The summed E-state index contributed by atoms with van der Waals surface area (Å²) in [6, 6.07) is 1.64. The van der Waals surface area contributed by atoms with Gasteiger partial charge in [-0.2, -0.15) is 0 Å². The Balaban J connectivity index is 2.95. The monoisotopic (exact) mass is 283 g/mol. The van der Waals surface area contributed by atoms with Crippen LogP contribution in [0.1, 0.15) is 30.6 Å². The number of carboxylic acids is 1. The van der Waals surface area contributed by atoms with Crippen molar-refractivity contribution in [2.75, 3.05) is 17.6 Å². The molecule has 6 nitrogen and oxygen atoms in total. The van der Waals surface area contributed by atoms with Crippen molar-refractivity contribution in [3.8, 4) is 0 Å². The van der Waals surface area contributed by atoms with Gasteiger partial charge < -0.3 is 21.5 Å². The quantitative estimate of drug-likeness (QED) is 0.591. The van der Waals surface area contributed by atoms with Crippen LogP contribution in [-0.2, 0) is 4.79 Å². The third-order valence-electron chi connectivity index (χ3n) is 2.72. The molecule has 0 aliphatic carbocycles. The summed E-state index contributed by atoms with van der Waals surface area (Å²) in [6.07, 6.45) is 0.794. The molecule has 1 aromatic carbocycles. The second-order valence-electron chi connectivity index (χ2n) is 4.35. The van der Waals surface area contributed by atoms with Gasteiger partial charge in [0.2, 0.25) is 5.91 Å². The first-order valence-corrected chi connectivity index (χ1v) is 6.24. The van der Waals surface area contributed by atoms with Gasteiger partial charge in [-0.1, -0.05) is 6.92 Å². The predicted octanol–water partition coefficient (Wildman–Crippen LogP) is 1.43. The summed E-state index contributed by atoms with van der Waals surface area (Å²) < 4.78 is 13.3. The Hall–Kier alpha value is -2.31. The zero-order valence-corrected chi connectivity index (χ0v) is 11.4. The van der Waals surface area contributed by atoms with Crippen LogP contribution in [0, 0.1) is 5.82 Å². The number of nitrogen functional groups attached to an aromatic ring is 1. The topological polar surface area (TPSA) is 104 Å². The lowest BCUT2D eigenvalue weighted by atomic mass is 10.1. The van der Waals surface area contributed by atoms with E-state index in [9.17, 15) is 14.0 Å². The summed E-state index contributed by atoms with van der Waals surface area (Å²) in [4.78, 5) is 22.8. The van der Waals surface area contributed by atoms with Gasteiger partial charge in [0, 0.05) is 6.54 Å². The van der Waals surface area contributed by atoms with Crippen molar-refractivity contribution in [1.82, 2.24) is 5.32 Å². The smallest absolute Gasteiger partial charge is 0.340 e. The van der Waals surface area contributed by atoms with E-state index in [0.717, 1.165) is 12.5 Å². The number of anilines is 2. The maximum absolute atomic E-state index is 13.3. The molecule has 0 bridgehead atoms. The summed E-state index contributed by atoms with van der Waals surface area (Å²) >= 11 is 0. The number of nitrogens with one attached hydrogen (secondary N) is 2. The van der Waals surface area contributed by atoms with Crippen molar-refractivity contribution in [2.45, 2.75) is 26.3 Å². The van der Waals surface area contributed by atoms with E-state index in [1.54, 1.807) is 6.92 Å². The number of aromatic carboxylic acids is 1. The molecule has 1 aromatic rings. The van der Waals surface area contributed by atoms with Crippen LogP contribution in [0.2, 0.25) is 0 Å². The van der Waals surface area contributed by atoms with Gasteiger partial charge in [-0.25, -0.2) is 9.18 Å². The second kappa shape index (κ2) is 6.74. The Bertz CT molecular complexity index is 520. The SMILES string of the molecule is CCCNC(=O)C(C)Nc1ccc(F)c(N)c1C(=O)O. The van der Waals surface area contributed by atoms with Crippen molar-refractivity contribution in [3.63, 3.8) is 0 Å². The number of amides is 1. The average Bonchev–Trinajstić information content (AvgIpc) is 2.39. The molecule has 0 aliphatic rings. The highest BCUT2D eigenvalue weighted by Gasteiger charge is 2.20. The van der Waals surface area contributed by atoms with Crippen molar-refractivity contribution in [2.24, 2.45) is 0 Å². The fourth-order valence-electron chi connectivity index (χ4n) is 1.64. The molecule has 0 aliphatic heterocycles. The van der Waals surface area contributed by atoms with E-state index in [2.05, 4.69) is 10.6 Å². The Morgan fingerprint density at radius 2 is 2.10 bits per heavy atom. The number of nitrogens with two attached hydrogens (primary N) is 1. The van der Waals surface area contributed by atoms with Crippen LogP contribution < -0.4 is 16.4 Å². The maximum atomic E-state index is 13.3. The van der Waals surface area contributed by atoms with Gasteiger partial charge in [-0.3, -0.25) is 4.79 Å². The molecule has 1 amide bonds. The molecule has 5 N–H and O–H groups in total. The van der Waals surface area contributed by atoms with Crippen LogP contribution in [0.5, 0.6) is 0 Å². The van der Waals surface area contributed by atoms with E-state index in [1.165, 1.54) is 6.07 Å². The van der Waals surface area contributed by atoms with Gasteiger partial charge in [0.1, 0.15) is 17.4 Å². The van der Waals surface area contributed by atoms with Crippen molar-refractivity contribution in [3.05, 3.63) is 23.5 Å². The Kier molecular flexibility index (Phi) is 5.31. The van der Waals surface area contributed by atoms with Crippen LogP contribution in [0.4, 0.5) is 15.8 Å². The third-order valence-corrected chi connectivity index (χ3v) is 2.72. The van der Waals surface area contributed by atoms with E-state index in [0.29, 0.717) is 6.54 Å². The van der Waals surface area contributed by atoms with Crippen LogP contribution >= 0.6 is 0 Å². The number of carbonyl (C=O) groups excluding carboxylic acids is 1. The molecule has 0 saturated heterocycles. The normalized spacial score (nSPS) is 11.8. The Morgan fingerprint density at radius 1 is 1.45 bits per heavy atom. The molecule has 0 spiro atoms. The van der Waals surface area contributed by atoms with E-state index < -0.39 is 23.5 Å². The summed E-state index contributed by atoms with van der Waals surface area (Å²) in [7, 11) is 0. The lowest BCUT2D eigenvalue weighted by Crippen LogP contribution is -2.38. The van der Waals surface area contributed by atoms with Gasteiger partial charge in [0.25, 0.3) is 0 Å². The Labute approximate surface area is 116 Å². The molecular formula is C13H18FN3O3. The van der Waals surface area contributed by atoms with Gasteiger partial charge in [0.15, 0.2) is 0 Å². The fraction of sp³-hybridized carbons (Fsp3) is 0.385. The van der Waals surface area contributed by atoms with Crippen LogP contribution in [0.15, 0.2) is 12.1 Å². The Morgan fingerprint density at radius 3 is 2.65 bits per heavy atom. The number of rotatable bonds is 6. The number of hydrogen-bond donors (Lipinski definition) is 4. The van der Waals surface area contributed by atoms with E-state index in [-0.39, 0.29) is 17.2 Å². The third kappa shape index (κ3) is 3.59. The lowest BCUT2D eigenvalue weighted by Gasteiger charge is -2.17. The first-order valence-electron chi connectivity index (χ1n) is 6.24. The molecule has 0 radical (unpaired) electrons. The van der Waals surface area contributed by atoms with E-state index in [1.807, 2.05) is 6.92 Å². The minimum Gasteiger partial charge on any atom is -0.478 e. The summed E-state index contributed by atoms with van der Waals surface area (Å²) in [5.41, 5.74) is 4.70. The van der Waals surface area contributed by atoms with Crippen LogP contribution in [0.25, 0.3) is 0 Å². The number of halogens is 1. The second-order valence-corrected chi connectivity index (χ2v) is 4.35. The molecule has 1 atom stereocenters. The van der Waals surface area contributed by atoms with Crippen molar-refractivity contribution >= 4 is 23.3 Å². The molecule has 1 rings (SSSR count). The van der Waals surface area contributed by atoms with Crippen LogP contribution in [-0.4, -0.2) is 29.6 Å². The molecule has 110 valence electrons. The summed E-state index contributed by atoms with van der Waals surface area (Å²) in [6.45, 7) is 4.03. The molecule has 0 aromatic heterocycles. The average molecular weight is 283 g/mol. The lowest BCUT2D eigenvalue weighted by molar-refractivity contribution is -0.121.